The van der Waals surface area contributed by atoms with Crippen LogP contribution in [0.3, 0.4) is 0 Å². The molecule has 3 aliphatic rings. The lowest BCUT2D eigenvalue weighted by Crippen LogP contribution is -2.35. The molecule has 3 fully saturated rings. The zero-order valence-electron chi connectivity index (χ0n) is 27.1. The molecule has 0 bridgehead atoms. The van der Waals surface area contributed by atoms with Crippen molar-refractivity contribution in [3.05, 3.63) is 53.5 Å². The lowest BCUT2D eigenvalue weighted by atomic mass is 9.98. The van der Waals surface area contributed by atoms with Crippen molar-refractivity contribution in [2.45, 2.75) is 38.4 Å². The van der Waals surface area contributed by atoms with Gasteiger partial charge >= 0.3 is 12.2 Å². The predicted molar refractivity (Wildman–Crippen MR) is 172 cm³/mol. The van der Waals surface area contributed by atoms with E-state index in [1.807, 2.05) is 11.8 Å². The fourth-order valence-corrected chi connectivity index (χ4v) is 6.68. The summed E-state index contributed by atoms with van der Waals surface area (Å²) in [6.07, 6.45) is 1.59. The van der Waals surface area contributed by atoms with Crippen LogP contribution in [-0.2, 0) is 4.74 Å². The van der Waals surface area contributed by atoms with Crippen LogP contribution in [0.4, 0.5) is 33.5 Å². The number of anilines is 2. The van der Waals surface area contributed by atoms with Crippen molar-refractivity contribution in [2.75, 3.05) is 57.1 Å². The summed E-state index contributed by atoms with van der Waals surface area (Å²) < 4.78 is 87.5. The Morgan fingerprint density at radius 1 is 1.04 bits per heavy atom. The van der Waals surface area contributed by atoms with Gasteiger partial charge in [0.1, 0.15) is 17.0 Å². The van der Waals surface area contributed by atoms with Crippen LogP contribution in [0.2, 0.25) is 0 Å². The van der Waals surface area contributed by atoms with Gasteiger partial charge in [-0.2, -0.15) is 14.4 Å². The van der Waals surface area contributed by atoms with Crippen molar-refractivity contribution in [1.82, 2.24) is 19.9 Å². The van der Waals surface area contributed by atoms with Crippen molar-refractivity contribution >= 4 is 33.2 Å². The number of pyridine rings is 1. The van der Waals surface area contributed by atoms with E-state index in [2.05, 4.69) is 24.6 Å². The highest BCUT2D eigenvalue weighted by atomic mass is 19.2. The number of rotatable bonds is 5. The number of halogens is 5. The predicted octanol–water partition coefficient (Wildman–Crippen LogP) is 4.14. The van der Waals surface area contributed by atoms with Crippen LogP contribution < -0.4 is 20.1 Å². The summed E-state index contributed by atoms with van der Waals surface area (Å²) in [6, 6.07) is 2.46. The van der Waals surface area contributed by atoms with E-state index in [9.17, 15) is 32.9 Å². The molecule has 2 aromatic carbocycles. The fourth-order valence-electron chi connectivity index (χ4n) is 6.68. The second kappa shape index (κ2) is 14.1. The first-order valence-corrected chi connectivity index (χ1v) is 15.8. The molecular formula is C33H35F5N6O6. The van der Waals surface area contributed by atoms with Gasteiger partial charge in [0.2, 0.25) is 5.82 Å². The molecule has 2 unspecified atom stereocenters. The number of nitrogen functional groups attached to an aromatic ring is 1. The van der Waals surface area contributed by atoms with Crippen molar-refractivity contribution in [1.29, 1.82) is 0 Å². The van der Waals surface area contributed by atoms with Gasteiger partial charge < -0.3 is 40.2 Å². The van der Waals surface area contributed by atoms with Crippen LogP contribution in [-0.4, -0.2) is 93.9 Å². The summed E-state index contributed by atoms with van der Waals surface area (Å²) >= 11 is 0. The van der Waals surface area contributed by atoms with Gasteiger partial charge in [-0.3, -0.25) is 9.88 Å². The Bertz CT molecular complexity index is 1950. The van der Waals surface area contributed by atoms with Crippen LogP contribution in [0.15, 0.2) is 30.2 Å². The second-order valence-electron chi connectivity index (χ2n) is 12.5. The molecule has 2 atom stereocenters. The first-order valence-electron chi connectivity index (χ1n) is 15.8. The van der Waals surface area contributed by atoms with Crippen molar-refractivity contribution < 1.29 is 51.5 Å². The Morgan fingerprint density at radius 3 is 2.52 bits per heavy atom. The fraction of sp³-hybridized carbons (Fsp3) is 0.424. The molecule has 7 rings (SSSR count). The van der Waals surface area contributed by atoms with E-state index in [-0.39, 0.29) is 28.5 Å². The van der Waals surface area contributed by atoms with Crippen LogP contribution in [0.25, 0.3) is 32.9 Å². The smallest absolute Gasteiger partial charge is 0.453 e. The van der Waals surface area contributed by atoms with E-state index in [0.29, 0.717) is 38.2 Å². The maximum absolute atomic E-state index is 16.2. The SMILES string of the molecule is COc1nc(N2CCOCC(C)C2)c2cnc(-c3cc(N)cc4c(F)c(F)c(F)c(OC(O)(O)O)c34)c(F)c2n1.F/C=C1\CC2CCCN2C1. The summed E-state index contributed by atoms with van der Waals surface area (Å²) in [6.45, 7) is 5.91. The van der Waals surface area contributed by atoms with Gasteiger partial charge in [0.15, 0.2) is 23.2 Å². The minimum absolute atomic E-state index is 0.120. The summed E-state index contributed by atoms with van der Waals surface area (Å²) in [5, 5.41) is 26.7. The third-order valence-corrected chi connectivity index (χ3v) is 8.83. The van der Waals surface area contributed by atoms with Gasteiger partial charge in [-0.25, -0.2) is 17.6 Å². The highest BCUT2D eigenvalue weighted by molar-refractivity contribution is 6.04. The summed E-state index contributed by atoms with van der Waals surface area (Å²) in [4.78, 5) is 16.9. The molecule has 3 saturated heterocycles. The zero-order valence-corrected chi connectivity index (χ0v) is 27.1. The molecule has 4 aromatic rings. The maximum Gasteiger partial charge on any atom is 0.453 e. The molecule has 5 N–H and O–H groups in total. The van der Waals surface area contributed by atoms with Gasteiger partial charge in [-0.05, 0) is 49.4 Å². The van der Waals surface area contributed by atoms with Gasteiger partial charge in [-0.15, -0.1) is 0 Å². The number of hydrogen-bond donors (Lipinski definition) is 4. The minimum atomic E-state index is -4.00. The Balaban J connectivity index is 0.000000367. The summed E-state index contributed by atoms with van der Waals surface area (Å²) in [5.41, 5.74) is 5.40. The number of benzene rings is 2. The minimum Gasteiger partial charge on any atom is -0.467 e. The molecule has 5 heterocycles. The summed E-state index contributed by atoms with van der Waals surface area (Å²) in [7, 11) is 1.29. The summed E-state index contributed by atoms with van der Waals surface area (Å²) in [5.74, 6) is -7.81. The van der Waals surface area contributed by atoms with E-state index in [1.54, 1.807) is 0 Å². The topological polar surface area (TPSA) is 160 Å². The highest BCUT2D eigenvalue weighted by Crippen LogP contribution is 2.43. The van der Waals surface area contributed by atoms with Crippen LogP contribution >= 0.6 is 0 Å². The standard InChI is InChI=1S/C25H23F4N5O6.C8H12FN/c1-10-8-34(3-4-39-9-10)23-14-7-31-20(19(29)21(14)32-24(33-23)38-2)13-6-11(30)5-12-15(13)22(40-25(35,36)37)18(28)17(27)16(12)26;9-5-7-4-8-2-1-3-10(8)6-7/h5-7,10,35-37H,3-4,8-9,30H2,1-2H3;5,8H,1-4,6H2/b;7-5+. The van der Waals surface area contributed by atoms with Crippen molar-refractivity contribution in [2.24, 2.45) is 5.92 Å². The van der Waals surface area contributed by atoms with Crippen LogP contribution in [0.1, 0.15) is 26.2 Å². The number of methoxy groups -OCH3 is 1. The number of nitrogens with two attached hydrogens (primary N) is 1. The van der Waals surface area contributed by atoms with E-state index < -0.39 is 57.2 Å². The number of aliphatic hydroxyl groups is 3. The molecule has 50 heavy (non-hydrogen) atoms. The largest absolute Gasteiger partial charge is 0.467 e. The lowest BCUT2D eigenvalue weighted by Gasteiger charge is -2.24. The molecule has 2 aromatic heterocycles. The van der Waals surface area contributed by atoms with Gasteiger partial charge in [-0.1, -0.05) is 6.92 Å². The third kappa shape index (κ3) is 6.96. The van der Waals surface area contributed by atoms with Crippen LogP contribution in [0, 0.1) is 29.2 Å². The van der Waals surface area contributed by atoms with E-state index >= 15 is 4.39 Å². The molecule has 0 spiro atoms. The normalized spacial score (nSPS) is 20.6. The Kier molecular flexibility index (Phi) is 9.96. The molecule has 0 saturated carbocycles. The van der Waals surface area contributed by atoms with E-state index in [1.165, 1.54) is 32.7 Å². The highest BCUT2D eigenvalue weighted by Gasteiger charge is 2.33. The first-order chi connectivity index (χ1) is 23.8. The second-order valence-corrected chi connectivity index (χ2v) is 12.5. The lowest BCUT2D eigenvalue weighted by molar-refractivity contribution is -0.419. The molecule has 268 valence electrons. The molecule has 0 aliphatic carbocycles. The number of nitrogens with zero attached hydrogens (tertiary/aromatic N) is 5. The average Bonchev–Trinajstić information content (AvgIpc) is 3.62. The molecule has 17 heteroatoms. The first kappa shape index (κ1) is 35.4. The molecule has 0 radical (unpaired) electrons. The Morgan fingerprint density at radius 2 is 1.82 bits per heavy atom. The molecule has 12 nitrogen and oxygen atoms in total. The Hall–Kier alpha value is -4.42. The van der Waals surface area contributed by atoms with Crippen molar-refractivity contribution in [3.8, 4) is 23.0 Å². The quantitative estimate of drug-likeness (QED) is 0.102. The zero-order chi connectivity index (χ0) is 35.9. The van der Waals surface area contributed by atoms with E-state index in [4.69, 9.17) is 15.2 Å². The molecular weight excluding hydrogens is 671 g/mol. The van der Waals surface area contributed by atoms with E-state index in [0.717, 1.165) is 37.0 Å². The number of aromatic nitrogens is 3. The Labute approximate surface area is 282 Å². The average molecular weight is 707 g/mol. The van der Waals surface area contributed by atoms with Crippen molar-refractivity contribution in [3.63, 3.8) is 0 Å². The van der Waals surface area contributed by atoms with Gasteiger partial charge in [0.25, 0.3) is 0 Å². The maximum atomic E-state index is 16.2. The number of fused-ring (bicyclic) bond motifs is 3. The number of ether oxygens (including phenoxy) is 3. The van der Waals surface area contributed by atoms with Gasteiger partial charge in [0, 0.05) is 53.9 Å². The monoisotopic (exact) mass is 706 g/mol. The molecule has 0 amide bonds. The molecule has 3 aliphatic heterocycles. The van der Waals surface area contributed by atoms with Crippen LogP contribution in [0.5, 0.6) is 11.8 Å². The number of hydrogen-bond acceptors (Lipinski definition) is 12. The van der Waals surface area contributed by atoms with Gasteiger partial charge in [0.05, 0.1) is 32.0 Å². The third-order valence-electron chi connectivity index (χ3n) is 8.83.